The highest BCUT2D eigenvalue weighted by Gasteiger charge is 2.12. The van der Waals surface area contributed by atoms with Crippen LogP contribution in [0.4, 0.5) is 10.5 Å². The number of anilines is 1. The highest BCUT2D eigenvalue weighted by Crippen LogP contribution is 2.21. The number of urea groups is 1. The van der Waals surface area contributed by atoms with Crippen LogP contribution in [0, 0.1) is 0 Å². The molecule has 1 rings (SSSR count). The number of aromatic carboxylic acids is 1. The summed E-state index contributed by atoms with van der Waals surface area (Å²) >= 11 is 5.77. The van der Waals surface area contributed by atoms with Crippen LogP contribution in [0.2, 0.25) is 5.02 Å². The van der Waals surface area contributed by atoms with Crippen molar-refractivity contribution < 1.29 is 14.7 Å². The first-order valence-electron chi connectivity index (χ1n) is 5.62. The fourth-order valence-corrected chi connectivity index (χ4v) is 1.52. The topological polar surface area (TPSA) is 78.4 Å². The summed E-state index contributed by atoms with van der Waals surface area (Å²) in [6, 6.07) is 3.79. The lowest BCUT2D eigenvalue weighted by Gasteiger charge is -2.10. The summed E-state index contributed by atoms with van der Waals surface area (Å²) in [5.74, 6) is -1.12. The van der Waals surface area contributed by atoms with Gasteiger partial charge in [0.2, 0.25) is 0 Å². The Kier molecular flexibility index (Phi) is 5.45. The van der Waals surface area contributed by atoms with Crippen LogP contribution in [0.15, 0.2) is 18.2 Å². The van der Waals surface area contributed by atoms with E-state index in [1.807, 2.05) is 6.92 Å². The molecular weight excluding hydrogens is 256 g/mol. The number of carboxylic acid groups (broad SMARTS) is 1. The molecule has 5 nitrogen and oxygen atoms in total. The van der Waals surface area contributed by atoms with E-state index in [0.29, 0.717) is 11.6 Å². The first-order valence-corrected chi connectivity index (χ1v) is 6.00. The number of halogens is 1. The summed E-state index contributed by atoms with van der Waals surface area (Å²) in [4.78, 5) is 22.5. The van der Waals surface area contributed by atoms with Crippen LogP contribution in [0.25, 0.3) is 0 Å². The number of carboxylic acids is 1. The third-order valence-corrected chi connectivity index (χ3v) is 2.51. The first-order chi connectivity index (χ1) is 8.54. The Hall–Kier alpha value is -1.75. The SMILES string of the molecule is CCCCNC(=O)Nc1cc(Cl)ccc1C(=O)O. The molecule has 6 heteroatoms. The molecule has 0 aliphatic carbocycles. The maximum absolute atomic E-state index is 11.5. The zero-order valence-corrected chi connectivity index (χ0v) is 10.8. The van der Waals surface area contributed by atoms with Crippen LogP contribution in [0.1, 0.15) is 30.1 Å². The Morgan fingerprint density at radius 3 is 2.72 bits per heavy atom. The smallest absolute Gasteiger partial charge is 0.337 e. The van der Waals surface area contributed by atoms with Gasteiger partial charge >= 0.3 is 12.0 Å². The van der Waals surface area contributed by atoms with Gasteiger partial charge in [0.1, 0.15) is 0 Å². The Balaban J connectivity index is 2.73. The van der Waals surface area contributed by atoms with E-state index < -0.39 is 12.0 Å². The van der Waals surface area contributed by atoms with Gasteiger partial charge in [-0.25, -0.2) is 9.59 Å². The van der Waals surface area contributed by atoms with Crippen molar-refractivity contribution in [3.05, 3.63) is 28.8 Å². The summed E-state index contributed by atoms with van der Waals surface area (Å²) in [5.41, 5.74) is 0.189. The molecular formula is C12H15ClN2O3. The third-order valence-electron chi connectivity index (χ3n) is 2.28. The number of nitrogens with one attached hydrogen (secondary N) is 2. The Morgan fingerprint density at radius 2 is 2.11 bits per heavy atom. The molecule has 0 heterocycles. The number of unbranched alkanes of at least 4 members (excludes halogenated alkanes) is 1. The first kappa shape index (κ1) is 14.3. The standard InChI is InChI=1S/C12H15ClN2O3/c1-2-3-6-14-12(18)15-10-7-8(13)4-5-9(10)11(16)17/h4-5,7H,2-3,6H2,1H3,(H,16,17)(H2,14,15,18). The quantitative estimate of drug-likeness (QED) is 0.720. The van der Waals surface area contributed by atoms with Crippen molar-refractivity contribution in [3.63, 3.8) is 0 Å². The van der Waals surface area contributed by atoms with Crippen LogP contribution < -0.4 is 10.6 Å². The molecule has 0 atom stereocenters. The minimum absolute atomic E-state index is 0.00467. The van der Waals surface area contributed by atoms with Gasteiger partial charge in [-0.1, -0.05) is 24.9 Å². The van der Waals surface area contributed by atoms with Crippen LogP contribution in [0.3, 0.4) is 0 Å². The second-order valence-corrected chi connectivity index (χ2v) is 4.17. The van der Waals surface area contributed by atoms with Gasteiger partial charge in [0.05, 0.1) is 11.3 Å². The lowest BCUT2D eigenvalue weighted by atomic mass is 10.2. The molecule has 1 aromatic rings. The molecule has 0 saturated carbocycles. The van der Waals surface area contributed by atoms with Crippen molar-refractivity contribution in [2.24, 2.45) is 0 Å². The van der Waals surface area contributed by atoms with Crippen molar-refractivity contribution >= 4 is 29.3 Å². The highest BCUT2D eigenvalue weighted by molar-refractivity contribution is 6.31. The van der Waals surface area contributed by atoms with E-state index >= 15 is 0 Å². The van der Waals surface area contributed by atoms with E-state index in [-0.39, 0.29) is 11.3 Å². The third kappa shape index (κ3) is 4.25. The summed E-state index contributed by atoms with van der Waals surface area (Å²) in [6.07, 6.45) is 1.84. The molecule has 0 spiro atoms. The Labute approximate surface area is 110 Å². The van der Waals surface area contributed by atoms with E-state index in [0.717, 1.165) is 12.8 Å². The van der Waals surface area contributed by atoms with Gasteiger partial charge in [-0.15, -0.1) is 0 Å². The van der Waals surface area contributed by atoms with Gasteiger partial charge in [0, 0.05) is 11.6 Å². The molecule has 0 bridgehead atoms. The van der Waals surface area contributed by atoms with E-state index in [2.05, 4.69) is 10.6 Å². The number of carbonyl (C=O) groups excluding carboxylic acids is 1. The molecule has 0 unspecified atom stereocenters. The van der Waals surface area contributed by atoms with Gasteiger partial charge < -0.3 is 15.7 Å². The minimum Gasteiger partial charge on any atom is -0.478 e. The number of carbonyl (C=O) groups is 2. The number of hydrogen-bond acceptors (Lipinski definition) is 2. The van der Waals surface area contributed by atoms with E-state index in [1.165, 1.54) is 18.2 Å². The van der Waals surface area contributed by atoms with Crippen LogP contribution in [-0.4, -0.2) is 23.7 Å². The molecule has 2 amide bonds. The summed E-state index contributed by atoms with van der Waals surface area (Å²) in [6.45, 7) is 2.56. The second-order valence-electron chi connectivity index (χ2n) is 3.73. The van der Waals surface area contributed by atoms with Crippen LogP contribution >= 0.6 is 11.6 Å². The lowest BCUT2D eigenvalue weighted by molar-refractivity contribution is 0.0698. The number of rotatable bonds is 5. The molecule has 3 N–H and O–H groups in total. The fourth-order valence-electron chi connectivity index (χ4n) is 1.35. The fraction of sp³-hybridized carbons (Fsp3) is 0.333. The van der Waals surface area contributed by atoms with E-state index in [1.54, 1.807) is 0 Å². The number of hydrogen-bond donors (Lipinski definition) is 3. The minimum atomic E-state index is -1.12. The molecule has 0 saturated heterocycles. The highest BCUT2D eigenvalue weighted by atomic mass is 35.5. The Morgan fingerprint density at radius 1 is 1.39 bits per heavy atom. The average molecular weight is 271 g/mol. The monoisotopic (exact) mass is 270 g/mol. The zero-order valence-electron chi connectivity index (χ0n) is 10.00. The van der Waals surface area contributed by atoms with Gasteiger partial charge in [-0.05, 0) is 24.6 Å². The molecule has 0 radical (unpaired) electrons. The maximum Gasteiger partial charge on any atom is 0.337 e. The molecule has 0 aliphatic heterocycles. The average Bonchev–Trinajstić information content (AvgIpc) is 2.29. The van der Waals surface area contributed by atoms with Gasteiger partial charge in [-0.3, -0.25) is 0 Å². The van der Waals surface area contributed by atoms with Crippen molar-refractivity contribution in [2.45, 2.75) is 19.8 Å². The predicted molar refractivity (Wildman–Crippen MR) is 70.3 cm³/mol. The second kappa shape index (κ2) is 6.86. The zero-order chi connectivity index (χ0) is 13.5. The van der Waals surface area contributed by atoms with Crippen molar-refractivity contribution in [3.8, 4) is 0 Å². The number of benzene rings is 1. The maximum atomic E-state index is 11.5. The van der Waals surface area contributed by atoms with E-state index in [4.69, 9.17) is 16.7 Å². The normalized spacial score (nSPS) is 9.89. The lowest BCUT2D eigenvalue weighted by Crippen LogP contribution is -2.30. The molecule has 0 aromatic heterocycles. The number of amides is 2. The van der Waals surface area contributed by atoms with Crippen LogP contribution in [-0.2, 0) is 0 Å². The molecule has 0 fully saturated rings. The van der Waals surface area contributed by atoms with Crippen LogP contribution in [0.5, 0.6) is 0 Å². The van der Waals surface area contributed by atoms with Crippen molar-refractivity contribution in [1.29, 1.82) is 0 Å². The predicted octanol–water partition coefficient (Wildman–Crippen LogP) is 2.96. The largest absolute Gasteiger partial charge is 0.478 e. The van der Waals surface area contributed by atoms with Crippen molar-refractivity contribution in [1.82, 2.24) is 5.32 Å². The molecule has 18 heavy (non-hydrogen) atoms. The summed E-state index contributed by atoms with van der Waals surface area (Å²) < 4.78 is 0. The summed E-state index contributed by atoms with van der Waals surface area (Å²) in [7, 11) is 0. The van der Waals surface area contributed by atoms with Gasteiger partial charge in [0.25, 0.3) is 0 Å². The molecule has 98 valence electrons. The molecule has 0 aliphatic rings. The van der Waals surface area contributed by atoms with Gasteiger partial charge in [0.15, 0.2) is 0 Å². The van der Waals surface area contributed by atoms with E-state index in [9.17, 15) is 9.59 Å². The summed E-state index contributed by atoms with van der Waals surface area (Å²) in [5, 5.41) is 14.4. The Bertz CT molecular complexity index is 449. The van der Waals surface area contributed by atoms with Crippen molar-refractivity contribution in [2.75, 3.05) is 11.9 Å². The molecule has 1 aromatic carbocycles. The van der Waals surface area contributed by atoms with Gasteiger partial charge in [-0.2, -0.15) is 0 Å².